The van der Waals surface area contributed by atoms with Gasteiger partial charge in [0.2, 0.25) is 0 Å². The number of para-hydroxylation sites is 1. The monoisotopic (exact) mass is 388 g/mol. The summed E-state index contributed by atoms with van der Waals surface area (Å²) in [4.78, 5) is 12.7. The molecule has 1 heterocycles. The van der Waals surface area contributed by atoms with Gasteiger partial charge in [-0.15, -0.1) is 12.4 Å². The molecule has 0 aliphatic carbocycles. The summed E-state index contributed by atoms with van der Waals surface area (Å²) in [5.41, 5.74) is 3.08. The van der Waals surface area contributed by atoms with Crippen molar-refractivity contribution >= 4 is 18.3 Å². The molecule has 1 fully saturated rings. The van der Waals surface area contributed by atoms with Crippen LogP contribution in [-0.2, 0) is 6.61 Å². The molecule has 0 radical (unpaired) electrons. The number of ether oxygens (including phenoxy) is 1. The first-order valence-corrected chi connectivity index (χ1v) is 9.33. The molecule has 0 bridgehead atoms. The van der Waals surface area contributed by atoms with Gasteiger partial charge in [-0.1, -0.05) is 43.3 Å². The van der Waals surface area contributed by atoms with Crippen LogP contribution in [0, 0.1) is 12.3 Å². The van der Waals surface area contributed by atoms with E-state index in [0.717, 1.165) is 31.5 Å². The first kappa shape index (κ1) is 21.3. The summed E-state index contributed by atoms with van der Waals surface area (Å²) in [7, 11) is 0. The Hall–Kier alpha value is -2.04. The van der Waals surface area contributed by atoms with E-state index in [4.69, 9.17) is 4.74 Å². The topological polar surface area (TPSA) is 50.4 Å². The minimum absolute atomic E-state index is 0. The highest BCUT2D eigenvalue weighted by atomic mass is 35.5. The van der Waals surface area contributed by atoms with Crippen LogP contribution in [0.3, 0.4) is 0 Å². The zero-order chi connectivity index (χ0) is 18.4. The number of hydrogen-bond acceptors (Lipinski definition) is 3. The van der Waals surface area contributed by atoms with E-state index in [2.05, 4.69) is 36.6 Å². The van der Waals surface area contributed by atoms with Gasteiger partial charge < -0.3 is 15.4 Å². The highest BCUT2D eigenvalue weighted by Crippen LogP contribution is 2.27. The molecule has 3 rings (SSSR count). The van der Waals surface area contributed by atoms with Crippen molar-refractivity contribution in [2.24, 2.45) is 5.41 Å². The molecule has 146 valence electrons. The minimum atomic E-state index is -0.0647. The molecule has 1 aliphatic rings. The van der Waals surface area contributed by atoms with E-state index in [0.29, 0.717) is 24.5 Å². The maximum absolute atomic E-state index is 12.7. The summed E-state index contributed by atoms with van der Waals surface area (Å²) in [6.07, 6.45) is 2.16. The lowest BCUT2D eigenvalue weighted by atomic mass is 9.81. The number of rotatable bonds is 6. The van der Waals surface area contributed by atoms with Gasteiger partial charge in [0.25, 0.3) is 5.91 Å². The number of hydrogen-bond donors (Lipinski definition) is 2. The number of nitrogens with one attached hydrogen (secondary N) is 2. The third-order valence-corrected chi connectivity index (χ3v) is 5.26. The Labute approximate surface area is 168 Å². The average Bonchev–Trinajstić information content (AvgIpc) is 2.66. The van der Waals surface area contributed by atoms with E-state index < -0.39 is 0 Å². The molecule has 5 heteroatoms. The zero-order valence-electron chi connectivity index (χ0n) is 16.1. The van der Waals surface area contributed by atoms with Crippen LogP contribution in [0.25, 0.3) is 0 Å². The molecular formula is C22H29ClN2O2. The zero-order valence-corrected chi connectivity index (χ0v) is 16.9. The van der Waals surface area contributed by atoms with Crippen LogP contribution < -0.4 is 15.4 Å². The molecule has 2 N–H and O–H groups in total. The lowest BCUT2D eigenvalue weighted by Gasteiger charge is -2.34. The van der Waals surface area contributed by atoms with Gasteiger partial charge in [0.05, 0.1) is 5.56 Å². The van der Waals surface area contributed by atoms with Crippen LogP contribution in [-0.4, -0.2) is 25.5 Å². The van der Waals surface area contributed by atoms with Crippen molar-refractivity contribution in [2.75, 3.05) is 19.6 Å². The molecule has 4 nitrogen and oxygen atoms in total. The quantitative estimate of drug-likeness (QED) is 0.782. The summed E-state index contributed by atoms with van der Waals surface area (Å²) < 4.78 is 5.97. The molecule has 1 amide bonds. The highest BCUT2D eigenvalue weighted by molar-refractivity contribution is 5.96. The fourth-order valence-corrected chi connectivity index (χ4v) is 3.30. The molecule has 0 atom stereocenters. The third kappa shape index (κ3) is 5.72. The lowest BCUT2D eigenvalue weighted by molar-refractivity contribution is 0.0917. The molecule has 0 saturated carbocycles. The third-order valence-electron chi connectivity index (χ3n) is 5.26. The van der Waals surface area contributed by atoms with Crippen molar-refractivity contribution in [1.29, 1.82) is 0 Å². The lowest BCUT2D eigenvalue weighted by Crippen LogP contribution is -2.42. The fraction of sp³-hybridized carbons (Fsp3) is 0.409. The SMILES string of the molecule is Cc1ccccc1COc1ccccc1C(=O)NCC1(C)CCNCC1.Cl. The Morgan fingerprint density at radius 3 is 2.52 bits per heavy atom. The van der Waals surface area contributed by atoms with E-state index in [-0.39, 0.29) is 23.7 Å². The number of carbonyl (C=O) groups is 1. The van der Waals surface area contributed by atoms with Crippen LogP contribution in [0.5, 0.6) is 5.75 Å². The first-order valence-electron chi connectivity index (χ1n) is 9.33. The van der Waals surface area contributed by atoms with Crippen molar-refractivity contribution in [3.63, 3.8) is 0 Å². The van der Waals surface area contributed by atoms with Gasteiger partial charge in [0.1, 0.15) is 12.4 Å². The molecule has 0 spiro atoms. The minimum Gasteiger partial charge on any atom is -0.488 e. The molecule has 2 aromatic rings. The summed E-state index contributed by atoms with van der Waals surface area (Å²) in [6, 6.07) is 15.6. The largest absolute Gasteiger partial charge is 0.488 e. The van der Waals surface area contributed by atoms with E-state index in [1.165, 1.54) is 5.56 Å². The van der Waals surface area contributed by atoms with Crippen LogP contribution in [0.15, 0.2) is 48.5 Å². The van der Waals surface area contributed by atoms with Gasteiger partial charge in [0.15, 0.2) is 0 Å². The summed E-state index contributed by atoms with van der Waals surface area (Å²) >= 11 is 0. The maximum Gasteiger partial charge on any atom is 0.255 e. The van der Waals surface area contributed by atoms with Crippen molar-refractivity contribution in [2.45, 2.75) is 33.3 Å². The van der Waals surface area contributed by atoms with E-state index in [1.54, 1.807) is 0 Å². The molecule has 0 aromatic heterocycles. The standard InChI is InChI=1S/C22H28N2O2.ClH/c1-17-7-3-4-8-18(17)15-26-20-10-6-5-9-19(20)21(25)24-16-22(2)11-13-23-14-12-22;/h3-10,23H,11-16H2,1-2H3,(H,24,25);1H. The van der Waals surface area contributed by atoms with Crippen LogP contribution in [0.2, 0.25) is 0 Å². The maximum atomic E-state index is 12.7. The van der Waals surface area contributed by atoms with Gasteiger partial charge in [-0.2, -0.15) is 0 Å². The summed E-state index contributed by atoms with van der Waals surface area (Å²) in [6.45, 7) is 7.50. The average molecular weight is 389 g/mol. The summed E-state index contributed by atoms with van der Waals surface area (Å²) in [5.74, 6) is 0.564. The smallest absolute Gasteiger partial charge is 0.255 e. The Bertz CT molecular complexity index is 757. The van der Waals surface area contributed by atoms with Gasteiger partial charge >= 0.3 is 0 Å². The van der Waals surface area contributed by atoms with Crippen LogP contribution >= 0.6 is 12.4 Å². The molecule has 27 heavy (non-hydrogen) atoms. The van der Waals surface area contributed by atoms with Crippen molar-refractivity contribution in [3.05, 3.63) is 65.2 Å². The van der Waals surface area contributed by atoms with Gasteiger partial charge in [-0.05, 0) is 61.5 Å². The van der Waals surface area contributed by atoms with Gasteiger partial charge in [-0.25, -0.2) is 0 Å². The number of halogens is 1. The molecular weight excluding hydrogens is 360 g/mol. The molecule has 1 aliphatic heterocycles. The number of amides is 1. The second kappa shape index (κ2) is 9.77. The van der Waals surface area contributed by atoms with Crippen LogP contribution in [0.4, 0.5) is 0 Å². The van der Waals surface area contributed by atoms with Crippen molar-refractivity contribution in [3.8, 4) is 5.75 Å². The van der Waals surface area contributed by atoms with E-state index >= 15 is 0 Å². The number of carbonyl (C=O) groups excluding carboxylic acids is 1. The second-order valence-electron chi connectivity index (χ2n) is 7.45. The first-order chi connectivity index (χ1) is 12.6. The molecule has 0 unspecified atom stereocenters. The Balaban J connectivity index is 0.00000261. The van der Waals surface area contributed by atoms with Crippen molar-refractivity contribution in [1.82, 2.24) is 10.6 Å². The Morgan fingerprint density at radius 2 is 1.78 bits per heavy atom. The summed E-state index contributed by atoms with van der Waals surface area (Å²) in [5, 5.41) is 6.48. The Morgan fingerprint density at radius 1 is 1.11 bits per heavy atom. The molecule has 1 saturated heterocycles. The fourth-order valence-electron chi connectivity index (χ4n) is 3.30. The van der Waals surface area contributed by atoms with Crippen LogP contribution in [0.1, 0.15) is 41.3 Å². The van der Waals surface area contributed by atoms with Gasteiger partial charge in [0, 0.05) is 6.54 Å². The predicted octanol–water partition coefficient (Wildman–Crippen LogP) is 4.12. The number of aryl methyl sites for hydroxylation is 1. The van der Waals surface area contributed by atoms with E-state index in [1.807, 2.05) is 36.4 Å². The number of piperidine rings is 1. The van der Waals surface area contributed by atoms with Crippen molar-refractivity contribution < 1.29 is 9.53 Å². The predicted molar refractivity (Wildman–Crippen MR) is 112 cm³/mol. The highest BCUT2D eigenvalue weighted by Gasteiger charge is 2.27. The normalized spacial score (nSPS) is 15.5. The van der Waals surface area contributed by atoms with E-state index in [9.17, 15) is 4.79 Å². The van der Waals surface area contributed by atoms with Gasteiger partial charge in [-0.3, -0.25) is 4.79 Å². The molecule has 2 aromatic carbocycles. The Kier molecular flexibility index (Phi) is 7.69. The number of benzene rings is 2. The second-order valence-corrected chi connectivity index (χ2v) is 7.45.